The highest BCUT2D eigenvalue weighted by Gasteiger charge is 2.15. The van der Waals surface area contributed by atoms with Crippen LogP contribution in [-0.4, -0.2) is 36.4 Å². The molecule has 0 aliphatic heterocycles. The molecular formula is C53H76O5. The van der Waals surface area contributed by atoms with Crippen molar-refractivity contribution in [1.82, 2.24) is 0 Å². The fourth-order valence-electron chi connectivity index (χ4n) is 4.86. The average Bonchev–Trinajstić information content (AvgIpc) is 3.23. The number of carbonyl (C=O) groups excluding carboxylic acids is 2. The highest BCUT2D eigenvalue weighted by atomic mass is 16.6. The van der Waals surface area contributed by atoms with Crippen molar-refractivity contribution in [3.63, 3.8) is 0 Å². The fraction of sp³-hybridized carbons (Fsp3) is 0.434. The van der Waals surface area contributed by atoms with Crippen molar-refractivity contribution in [3.05, 3.63) is 170 Å². The van der Waals surface area contributed by atoms with Gasteiger partial charge in [-0.2, -0.15) is 0 Å². The number of aliphatic hydroxyl groups excluding tert-OH is 1. The Labute approximate surface area is 353 Å². The van der Waals surface area contributed by atoms with Gasteiger partial charge in [-0.3, -0.25) is 9.59 Å². The molecule has 0 aromatic rings. The van der Waals surface area contributed by atoms with E-state index in [1.807, 2.05) is 6.08 Å². The predicted molar refractivity (Wildman–Crippen MR) is 250 cm³/mol. The van der Waals surface area contributed by atoms with E-state index in [0.29, 0.717) is 6.42 Å². The first kappa shape index (κ1) is 53.3. The lowest BCUT2D eigenvalue weighted by atomic mass is 10.2. The van der Waals surface area contributed by atoms with Crippen molar-refractivity contribution < 1.29 is 24.2 Å². The van der Waals surface area contributed by atoms with Gasteiger partial charge in [0.05, 0.1) is 13.0 Å². The zero-order valence-electron chi connectivity index (χ0n) is 36.0. The van der Waals surface area contributed by atoms with Crippen LogP contribution >= 0.6 is 0 Å². The molecule has 0 aliphatic rings. The Hall–Kier alpha value is -4.74. The molecule has 1 unspecified atom stereocenters. The molecule has 0 fully saturated rings. The molecule has 1 atom stereocenters. The van der Waals surface area contributed by atoms with Gasteiger partial charge in [0.25, 0.3) is 0 Å². The molecule has 0 amide bonds. The standard InChI is InChI=1S/C53H76O5/c1-3-5-7-9-11-13-15-17-19-20-21-22-23-24-25-26-27-28-29-30-31-32-34-36-38-40-42-44-46-48-53(56)58-51(49-54)50-57-52(55)47-45-43-41-39-37-35-33-18-16-14-12-10-8-6-4-2/h5-8,11-14,17-19,21-22,24-25,27-28,30-31,33-34,36-37,39-40,42-43,45,51,54H,3-4,9-10,15-16,20,23,26,29,32,35,38,41,44,46-50H2,1-2H3/b7-5-,8-6-,13-11-,14-12-,19-17-,22-21-,25-24-,28-27-,31-30-,33-18-,36-34-,39-37-,42-40-,45-43-. The minimum absolute atomic E-state index is 0.128. The molecule has 318 valence electrons. The van der Waals surface area contributed by atoms with Crippen LogP contribution in [0.15, 0.2) is 170 Å². The third-order valence-electron chi connectivity index (χ3n) is 8.04. The van der Waals surface area contributed by atoms with Crippen molar-refractivity contribution in [3.8, 4) is 0 Å². The molecule has 58 heavy (non-hydrogen) atoms. The lowest BCUT2D eigenvalue weighted by Crippen LogP contribution is -2.28. The van der Waals surface area contributed by atoms with Crippen LogP contribution in [0.1, 0.15) is 129 Å². The number of hydrogen-bond acceptors (Lipinski definition) is 5. The van der Waals surface area contributed by atoms with Gasteiger partial charge in [0.2, 0.25) is 0 Å². The second-order valence-corrected chi connectivity index (χ2v) is 13.3. The second-order valence-electron chi connectivity index (χ2n) is 13.3. The van der Waals surface area contributed by atoms with Crippen molar-refractivity contribution in [2.75, 3.05) is 13.2 Å². The van der Waals surface area contributed by atoms with Gasteiger partial charge in [-0.1, -0.05) is 184 Å². The Bertz CT molecular complexity index is 1400. The van der Waals surface area contributed by atoms with E-state index in [-0.39, 0.29) is 19.4 Å². The van der Waals surface area contributed by atoms with Gasteiger partial charge < -0.3 is 14.6 Å². The maximum absolute atomic E-state index is 12.2. The number of aliphatic hydroxyl groups is 1. The SMILES string of the molecule is CC/C=C\C/C=C\C/C=C\C/C=C\C/C=C\C/C=C\C/C=C\C/C=C\C/C=C\CCCC(=O)OC(CO)COC(=O)C/C=C\C/C=C\C/C=C\C/C=C\C/C=C\CC. The zero-order chi connectivity index (χ0) is 42.1. The Morgan fingerprint density at radius 1 is 0.414 bits per heavy atom. The average molecular weight is 793 g/mol. The predicted octanol–water partition coefficient (Wildman–Crippen LogP) is 14.3. The van der Waals surface area contributed by atoms with E-state index in [4.69, 9.17) is 9.47 Å². The van der Waals surface area contributed by atoms with E-state index in [1.165, 1.54) is 0 Å². The van der Waals surface area contributed by atoms with E-state index in [2.05, 4.69) is 172 Å². The molecule has 1 N–H and O–H groups in total. The number of carbonyl (C=O) groups is 2. The Balaban J connectivity index is 3.85. The molecule has 0 aromatic heterocycles. The molecule has 0 rings (SSSR count). The molecule has 0 spiro atoms. The van der Waals surface area contributed by atoms with Crippen LogP contribution < -0.4 is 0 Å². The third-order valence-corrected chi connectivity index (χ3v) is 8.04. The summed E-state index contributed by atoms with van der Waals surface area (Å²) in [6.45, 7) is 3.74. The van der Waals surface area contributed by atoms with Crippen LogP contribution in [-0.2, 0) is 19.1 Å². The van der Waals surface area contributed by atoms with Gasteiger partial charge in [-0.15, -0.1) is 0 Å². The van der Waals surface area contributed by atoms with E-state index in [9.17, 15) is 14.7 Å². The summed E-state index contributed by atoms with van der Waals surface area (Å²) in [4.78, 5) is 24.2. The third kappa shape index (κ3) is 44.0. The Morgan fingerprint density at radius 2 is 0.707 bits per heavy atom. The number of rotatable bonds is 36. The van der Waals surface area contributed by atoms with Crippen molar-refractivity contribution in [1.29, 1.82) is 0 Å². The maximum Gasteiger partial charge on any atom is 0.309 e. The topological polar surface area (TPSA) is 72.8 Å². The smallest absolute Gasteiger partial charge is 0.309 e. The summed E-state index contributed by atoms with van der Waals surface area (Å²) in [5.74, 6) is -0.830. The number of allylic oxidation sites excluding steroid dienone is 27. The summed E-state index contributed by atoms with van der Waals surface area (Å²) in [5, 5.41) is 9.55. The van der Waals surface area contributed by atoms with Crippen LogP contribution in [0.5, 0.6) is 0 Å². The minimum atomic E-state index is -0.856. The summed E-state index contributed by atoms with van der Waals surface area (Å²) in [7, 11) is 0. The lowest BCUT2D eigenvalue weighted by molar-refractivity contribution is -0.161. The van der Waals surface area contributed by atoms with Crippen molar-refractivity contribution >= 4 is 11.9 Å². The molecule has 0 heterocycles. The van der Waals surface area contributed by atoms with E-state index in [1.54, 1.807) is 6.08 Å². The zero-order valence-corrected chi connectivity index (χ0v) is 36.0. The quantitative estimate of drug-likeness (QED) is 0.0389. The highest BCUT2D eigenvalue weighted by Crippen LogP contribution is 2.05. The molecule has 5 nitrogen and oxygen atoms in total. The van der Waals surface area contributed by atoms with Crippen LogP contribution in [0.2, 0.25) is 0 Å². The van der Waals surface area contributed by atoms with Gasteiger partial charge in [0, 0.05) is 6.42 Å². The molecule has 5 heteroatoms. The van der Waals surface area contributed by atoms with Crippen LogP contribution in [0.4, 0.5) is 0 Å². The largest absolute Gasteiger partial charge is 0.461 e. The maximum atomic E-state index is 12.2. The van der Waals surface area contributed by atoms with Gasteiger partial charge >= 0.3 is 11.9 Å². The summed E-state index contributed by atoms with van der Waals surface area (Å²) in [6, 6.07) is 0. The van der Waals surface area contributed by atoms with Gasteiger partial charge in [-0.25, -0.2) is 0 Å². The van der Waals surface area contributed by atoms with E-state index in [0.717, 1.165) is 96.3 Å². The molecule has 0 saturated carbocycles. The monoisotopic (exact) mass is 793 g/mol. The van der Waals surface area contributed by atoms with Gasteiger partial charge in [0.15, 0.2) is 6.10 Å². The van der Waals surface area contributed by atoms with E-state index >= 15 is 0 Å². The van der Waals surface area contributed by atoms with Gasteiger partial charge in [0.1, 0.15) is 6.61 Å². The number of hydrogen-bond donors (Lipinski definition) is 1. The summed E-state index contributed by atoms with van der Waals surface area (Å²) < 4.78 is 10.5. The number of unbranched alkanes of at least 4 members (excludes halogenated alkanes) is 1. The Kier molecular flexibility index (Phi) is 42.8. The van der Waals surface area contributed by atoms with Crippen LogP contribution in [0.3, 0.4) is 0 Å². The van der Waals surface area contributed by atoms with Gasteiger partial charge in [-0.05, 0) is 103 Å². The highest BCUT2D eigenvalue weighted by molar-refractivity contribution is 5.71. The normalized spacial score (nSPS) is 13.9. The molecule has 0 saturated heterocycles. The number of esters is 2. The first-order valence-electron chi connectivity index (χ1n) is 21.7. The summed E-state index contributed by atoms with van der Waals surface area (Å²) in [5.41, 5.74) is 0. The van der Waals surface area contributed by atoms with Crippen LogP contribution in [0, 0.1) is 0 Å². The lowest BCUT2D eigenvalue weighted by Gasteiger charge is -2.15. The van der Waals surface area contributed by atoms with Crippen LogP contribution in [0.25, 0.3) is 0 Å². The Morgan fingerprint density at radius 3 is 1.02 bits per heavy atom. The molecule has 0 aromatic carbocycles. The fourth-order valence-corrected chi connectivity index (χ4v) is 4.86. The van der Waals surface area contributed by atoms with Crippen molar-refractivity contribution in [2.45, 2.75) is 136 Å². The molecule has 0 aliphatic carbocycles. The first-order valence-corrected chi connectivity index (χ1v) is 21.7. The van der Waals surface area contributed by atoms with E-state index < -0.39 is 24.6 Å². The molecule has 0 bridgehead atoms. The first-order chi connectivity index (χ1) is 28.6. The molecular weight excluding hydrogens is 717 g/mol. The minimum Gasteiger partial charge on any atom is -0.461 e. The number of ether oxygens (including phenoxy) is 2. The molecule has 0 radical (unpaired) electrons. The van der Waals surface area contributed by atoms with Crippen molar-refractivity contribution in [2.24, 2.45) is 0 Å². The summed E-state index contributed by atoms with van der Waals surface area (Å²) >= 11 is 0. The second kappa shape index (κ2) is 46.6. The summed E-state index contributed by atoms with van der Waals surface area (Å²) in [6.07, 6.45) is 74.5.